The van der Waals surface area contributed by atoms with Crippen molar-refractivity contribution < 1.29 is 19.1 Å². The van der Waals surface area contributed by atoms with Crippen LogP contribution in [0.5, 0.6) is 11.5 Å². The number of ether oxygens (including phenoxy) is 2. The van der Waals surface area contributed by atoms with E-state index in [1.165, 1.54) is 76.3 Å². The number of carbonyl (C=O) groups is 2. The van der Waals surface area contributed by atoms with Gasteiger partial charge in [0.25, 0.3) is 0 Å². The van der Waals surface area contributed by atoms with E-state index in [-0.39, 0.29) is 11.9 Å². The molecule has 0 saturated carbocycles. The van der Waals surface area contributed by atoms with Crippen molar-refractivity contribution in [2.24, 2.45) is 0 Å². The standard InChI is InChI=1S/C46H50O4/c1-5-7-9-11-13-19-33-25-27-39-41(29-33)43(35-21-15-17-23-37(35)45(39)49-31(3)47)44-36-22-16-18-24-38(36)46(50-32(4)48)40-28-26-34(30-42(40)44)20-14-12-10-8-6-2/h15-18,21-30H,5-14,19-20H2,1-4H3. The van der Waals surface area contributed by atoms with Crippen molar-refractivity contribution in [2.45, 2.75) is 105 Å². The van der Waals surface area contributed by atoms with E-state index in [0.29, 0.717) is 11.5 Å². The molecule has 0 bridgehead atoms. The van der Waals surface area contributed by atoms with Gasteiger partial charge in [0.2, 0.25) is 0 Å². The van der Waals surface area contributed by atoms with E-state index in [1.807, 2.05) is 12.1 Å². The van der Waals surface area contributed by atoms with Crippen LogP contribution in [0.15, 0.2) is 84.9 Å². The number of rotatable bonds is 15. The second-order valence-corrected chi connectivity index (χ2v) is 13.8. The molecule has 258 valence electrons. The first-order valence-electron chi connectivity index (χ1n) is 18.7. The summed E-state index contributed by atoms with van der Waals surface area (Å²) < 4.78 is 12.1. The molecule has 6 aromatic carbocycles. The van der Waals surface area contributed by atoms with Crippen LogP contribution in [0.2, 0.25) is 0 Å². The SMILES string of the molecule is CCCCCCCc1ccc2c(OC(C)=O)c3ccccc3c(-c3c4ccccc4c(OC(C)=O)c4ccc(CCCCCCC)cc34)c2c1. The molecule has 0 aliphatic rings. The van der Waals surface area contributed by atoms with Gasteiger partial charge < -0.3 is 9.47 Å². The van der Waals surface area contributed by atoms with E-state index in [2.05, 4.69) is 86.6 Å². The predicted molar refractivity (Wildman–Crippen MR) is 209 cm³/mol. The fourth-order valence-corrected chi connectivity index (χ4v) is 7.59. The molecule has 0 saturated heterocycles. The van der Waals surface area contributed by atoms with Crippen LogP contribution in [0.25, 0.3) is 54.2 Å². The molecule has 6 rings (SSSR count). The van der Waals surface area contributed by atoms with Crippen molar-refractivity contribution >= 4 is 55.0 Å². The number of hydrogen-bond donors (Lipinski definition) is 0. The summed E-state index contributed by atoms with van der Waals surface area (Å²) in [7, 11) is 0. The molecule has 4 heteroatoms. The Morgan fingerprint density at radius 2 is 0.800 bits per heavy atom. The third-order valence-electron chi connectivity index (χ3n) is 9.96. The van der Waals surface area contributed by atoms with E-state index in [0.717, 1.165) is 79.9 Å². The Morgan fingerprint density at radius 1 is 0.440 bits per heavy atom. The summed E-state index contributed by atoms with van der Waals surface area (Å²) in [6.45, 7) is 7.44. The molecular weight excluding hydrogens is 617 g/mol. The molecule has 0 N–H and O–H groups in total. The monoisotopic (exact) mass is 666 g/mol. The second kappa shape index (κ2) is 16.3. The van der Waals surface area contributed by atoms with Crippen molar-refractivity contribution in [3.63, 3.8) is 0 Å². The molecule has 0 heterocycles. The first-order valence-corrected chi connectivity index (χ1v) is 18.7. The molecule has 4 nitrogen and oxygen atoms in total. The average Bonchev–Trinajstić information content (AvgIpc) is 3.11. The molecule has 6 aromatic rings. The first kappa shape index (κ1) is 35.1. The number of carbonyl (C=O) groups excluding carboxylic acids is 2. The van der Waals surface area contributed by atoms with Crippen molar-refractivity contribution in [3.8, 4) is 22.6 Å². The smallest absolute Gasteiger partial charge is 0.308 e. The molecule has 50 heavy (non-hydrogen) atoms. The summed E-state index contributed by atoms with van der Waals surface area (Å²) in [5.41, 5.74) is 4.76. The quantitative estimate of drug-likeness (QED) is 0.0474. The minimum Gasteiger partial charge on any atom is -0.425 e. The normalized spacial score (nSPS) is 11.5. The summed E-state index contributed by atoms with van der Waals surface area (Å²) >= 11 is 0. The van der Waals surface area contributed by atoms with Gasteiger partial charge in [-0.25, -0.2) is 0 Å². The molecular formula is C46H50O4. The minimum atomic E-state index is -0.339. The molecule has 0 spiro atoms. The molecule has 0 unspecified atom stereocenters. The number of fused-ring (bicyclic) bond motifs is 4. The fourth-order valence-electron chi connectivity index (χ4n) is 7.59. The van der Waals surface area contributed by atoms with Crippen LogP contribution in [-0.4, -0.2) is 11.9 Å². The zero-order valence-electron chi connectivity index (χ0n) is 30.2. The lowest BCUT2D eigenvalue weighted by molar-refractivity contribution is -0.132. The van der Waals surface area contributed by atoms with Gasteiger partial charge in [0.15, 0.2) is 0 Å². The van der Waals surface area contributed by atoms with Crippen molar-refractivity contribution in [3.05, 3.63) is 96.1 Å². The van der Waals surface area contributed by atoms with E-state index >= 15 is 0 Å². The Balaban J connectivity index is 1.68. The Kier molecular flexibility index (Phi) is 11.5. The summed E-state index contributed by atoms with van der Waals surface area (Å²) in [6.07, 6.45) is 14.2. The van der Waals surface area contributed by atoms with E-state index in [4.69, 9.17) is 9.47 Å². The van der Waals surface area contributed by atoms with Gasteiger partial charge in [-0.15, -0.1) is 0 Å². The van der Waals surface area contributed by atoms with Crippen LogP contribution >= 0.6 is 0 Å². The van der Waals surface area contributed by atoms with E-state index < -0.39 is 0 Å². The molecule has 0 aliphatic heterocycles. The highest BCUT2D eigenvalue weighted by Gasteiger charge is 2.24. The lowest BCUT2D eigenvalue weighted by atomic mass is 9.84. The summed E-state index contributed by atoms with van der Waals surface area (Å²) in [6, 6.07) is 29.9. The Labute approximate surface area is 296 Å². The molecule has 0 aromatic heterocycles. The summed E-state index contributed by atoms with van der Waals surface area (Å²) in [4.78, 5) is 25.1. The van der Waals surface area contributed by atoms with Crippen LogP contribution in [0.1, 0.15) is 103 Å². The summed E-state index contributed by atoms with van der Waals surface area (Å²) in [5, 5.41) is 7.78. The topological polar surface area (TPSA) is 52.6 Å². The van der Waals surface area contributed by atoms with Crippen molar-refractivity contribution in [1.29, 1.82) is 0 Å². The van der Waals surface area contributed by atoms with Crippen LogP contribution < -0.4 is 9.47 Å². The van der Waals surface area contributed by atoms with Crippen LogP contribution in [0.4, 0.5) is 0 Å². The van der Waals surface area contributed by atoms with Crippen molar-refractivity contribution in [1.82, 2.24) is 0 Å². The summed E-state index contributed by atoms with van der Waals surface area (Å²) in [5.74, 6) is 0.516. The van der Waals surface area contributed by atoms with E-state index in [1.54, 1.807) is 0 Å². The second-order valence-electron chi connectivity index (χ2n) is 13.8. The minimum absolute atomic E-state index is 0.339. The van der Waals surface area contributed by atoms with Gasteiger partial charge in [-0.1, -0.05) is 150 Å². The molecule has 0 fully saturated rings. The lowest BCUT2D eigenvalue weighted by Gasteiger charge is -2.22. The Morgan fingerprint density at radius 3 is 1.18 bits per heavy atom. The lowest BCUT2D eigenvalue weighted by Crippen LogP contribution is -2.05. The molecule has 0 amide bonds. The van der Waals surface area contributed by atoms with Crippen LogP contribution in [0, 0.1) is 0 Å². The Bertz CT molecular complexity index is 2000. The third kappa shape index (κ3) is 7.55. The fraction of sp³-hybridized carbons (Fsp3) is 0.348. The van der Waals surface area contributed by atoms with Gasteiger partial charge in [0, 0.05) is 35.4 Å². The number of esters is 2. The maximum absolute atomic E-state index is 12.5. The van der Waals surface area contributed by atoms with Gasteiger partial charge >= 0.3 is 11.9 Å². The van der Waals surface area contributed by atoms with Gasteiger partial charge in [0.1, 0.15) is 11.5 Å². The highest BCUT2D eigenvalue weighted by Crippen LogP contribution is 2.50. The van der Waals surface area contributed by atoms with Gasteiger partial charge in [0.05, 0.1) is 0 Å². The predicted octanol–water partition coefficient (Wildman–Crippen LogP) is 12.8. The highest BCUT2D eigenvalue weighted by molar-refractivity contribution is 6.27. The van der Waals surface area contributed by atoms with Crippen LogP contribution in [0.3, 0.4) is 0 Å². The number of benzene rings is 6. The van der Waals surface area contributed by atoms with Crippen LogP contribution in [-0.2, 0) is 22.4 Å². The zero-order valence-corrected chi connectivity index (χ0v) is 30.2. The third-order valence-corrected chi connectivity index (χ3v) is 9.96. The largest absolute Gasteiger partial charge is 0.425 e. The number of aryl methyl sites for hydroxylation is 2. The van der Waals surface area contributed by atoms with E-state index in [9.17, 15) is 9.59 Å². The Hall–Kier alpha value is -4.70. The zero-order chi connectivity index (χ0) is 35.0. The molecule has 0 atom stereocenters. The average molecular weight is 667 g/mol. The van der Waals surface area contributed by atoms with Gasteiger partial charge in [-0.2, -0.15) is 0 Å². The van der Waals surface area contributed by atoms with Gasteiger partial charge in [-0.05, 0) is 69.5 Å². The maximum atomic E-state index is 12.5. The number of unbranched alkanes of at least 4 members (excludes halogenated alkanes) is 8. The highest BCUT2D eigenvalue weighted by atomic mass is 16.5. The van der Waals surface area contributed by atoms with Crippen molar-refractivity contribution in [2.75, 3.05) is 0 Å². The maximum Gasteiger partial charge on any atom is 0.308 e. The molecule has 0 aliphatic carbocycles. The van der Waals surface area contributed by atoms with Gasteiger partial charge in [-0.3, -0.25) is 9.59 Å². The first-order chi connectivity index (χ1) is 24.4. The molecule has 0 radical (unpaired) electrons. The number of hydrogen-bond acceptors (Lipinski definition) is 4.